The van der Waals surface area contributed by atoms with Crippen LogP contribution in [-0.2, 0) is 0 Å². The van der Waals surface area contributed by atoms with Gasteiger partial charge in [0.15, 0.2) is 0 Å². The Morgan fingerprint density at radius 3 is 2.76 bits per heavy atom. The first kappa shape index (κ1) is 21.5. The number of benzene rings is 3. The van der Waals surface area contributed by atoms with E-state index in [0.29, 0.717) is 5.69 Å². The fraction of sp³-hybridized carbons (Fsp3) is 0.185. The van der Waals surface area contributed by atoms with Crippen LogP contribution in [0.5, 0.6) is 0 Å². The molecule has 1 amide bonds. The summed E-state index contributed by atoms with van der Waals surface area (Å²) in [4.78, 5) is 17.5. The molecule has 6 heteroatoms. The second-order valence-electron chi connectivity index (χ2n) is 8.17. The highest BCUT2D eigenvalue weighted by molar-refractivity contribution is 8.00. The van der Waals surface area contributed by atoms with Crippen LogP contribution in [0.1, 0.15) is 28.8 Å². The van der Waals surface area contributed by atoms with E-state index >= 15 is 0 Å². The van der Waals surface area contributed by atoms with Crippen LogP contribution in [0.25, 0.3) is 22.0 Å². The number of aromatic nitrogens is 1. The monoisotopic (exact) mass is 457 g/mol. The number of hydrogen-bond donors (Lipinski definition) is 1. The van der Waals surface area contributed by atoms with Gasteiger partial charge in [-0.1, -0.05) is 30.3 Å². The summed E-state index contributed by atoms with van der Waals surface area (Å²) in [6, 6.07) is 20.6. The number of nitrogens with one attached hydrogen (secondary N) is 1. The SMILES string of the molecule is Cc1ccc(NC(=O)c2ccc(N3CCCCS3)cc2F)cc1-c1nccc2ccccc12. The summed E-state index contributed by atoms with van der Waals surface area (Å²) in [5.41, 5.74) is 4.27. The lowest BCUT2D eigenvalue weighted by Gasteiger charge is -2.27. The van der Waals surface area contributed by atoms with Crippen LogP contribution in [-0.4, -0.2) is 23.2 Å². The van der Waals surface area contributed by atoms with Crippen LogP contribution in [0.2, 0.25) is 0 Å². The summed E-state index contributed by atoms with van der Waals surface area (Å²) in [6.07, 6.45) is 4.06. The van der Waals surface area contributed by atoms with E-state index in [4.69, 9.17) is 0 Å². The number of rotatable bonds is 4. The van der Waals surface area contributed by atoms with Crippen molar-refractivity contribution in [3.05, 3.63) is 89.9 Å². The molecule has 0 atom stereocenters. The van der Waals surface area contributed by atoms with Crippen molar-refractivity contribution in [1.29, 1.82) is 0 Å². The van der Waals surface area contributed by atoms with E-state index in [-0.39, 0.29) is 5.56 Å². The number of amides is 1. The largest absolute Gasteiger partial charge is 0.322 e. The van der Waals surface area contributed by atoms with Crippen molar-refractivity contribution >= 4 is 40.0 Å². The molecule has 1 fully saturated rings. The van der Waals surface area contributed by atoms with Gasteiger partial charge < -0.3 is 9.62 Å². The van der Waals surface area contributed by atoms with Crippen LogP contribution in [0.15, 0.2) is 72.9 Å². The van der Waals surface area contributed by atoms with Crippen molar-refractivity contribution in [2.24, 2.45) is 0 Å². The number of fused-ring (bicyclic) bond motifs is 1. The molecule has 0 aliphatic carbocycles. The van der Waals surface area contributed by atoms with Crippen LogP contribution in [0.3, 0.4) is 0 Å². The number of aryl methyl sites for hydroxylation is 1. The second kappa shape index (κ2) is 9.24. The first-order valence-corrected chi connectivity index (χ1v) is 12.0. The minimum absolute atomic E-state index is 0.0335. The Bertz CT molecular complexity index is 1330. The number of nitrogens with zero attached hydrogens (tertiary/aromatic N) is 2. The third-order valence-electron chi connectivity index (χ3n) is 5.91. The van der Waals surface area contributed by atoms with E-state index in [0.717, 1.165) is 52.0 Å². The van der Waals surface area contributed by atoms with E-state index in [1.165, 1.54) is 12.5 Å². The number of carbonyl (C=O) groups is 1. The summed E-state index contributed by atoms with van der Waals surface area (Å²) in [5, 5.41) is 5.01. The van der Waals surface area contributed by atoms with Gasteiger partial charge in [0, 0.05) is 40.8 Å². The summed E-state index contributed by atoms with van der Waals surface area (Å²) < 4.78 is 16.9. The minimum atomic E-state index is -0.515. The van der Waals surface area contributed by atoms with Gasteiger partial charge in [-0.25, -0.2) is 4.39 Å². The Kier molecular flexibility index (Phi) is 6.01. The average molecular weight is 458 g/mol. The fourth-order valence-electron chi connectivity index (χ4n) is 4.13. The second-order valence-corrected chi connectivity index (χ2v) is 9.28. The molecule has 0 spiro atoms. The molecule has 1 saturated heterocycles. The predicted octanol–water partition coefficient (Wildman–Crippen LogP) is 6.85. The summed E-state index contributed by atoms with van der Waals surface area (Å²) in [5.74, 6) is 0.0517. The highest BCUT2D eigenvalue weighted by Crippen LogP contribution is 2.32. The first-order chi connectivity index (χ1) is 16.1. The number of pyridine rings is 1. The summed E-state index contributed by atoms with van der Waals surface area (Å²) in [7, 11) is 0. The summed E-state index contributed by atoms with van der Waals surface area (Å²) >= 11 is 1.70. The van der Waals surface area contributed by atoms with Crippen LogP contribution >= 0.6 is 11.9 Å². The standard InChI is InChI=1S/C27H24FN3OS/c1-18-8-9-20(16-24(18)26-22-7-3-2-6-19(22)12-13-29-26)30-27(32)23-11-10-21(17-25(23)28)31-14-4-5-15-33-31/h2-3,6-13,16-17H,4-5,14-15H2,1H3,(H,30,32). The van der Waals surface area contributed by atoms with Crippen LogP contribution in [0.4, 0.5) is 15.8 Å². The van der Waals surface area contributed by atoms with Crippen molar-refractivity contribution in [2.45, 2.75) is 19.8 Å². The number of halogens is 1. The minimum Gasteiger partial charge on any atom is -0.322 e. The van der Waals surface area contributed by atoms with Gasteiger partial charge in [-0.15, -0.1) is 0 Å². The van der Waals surface area contributed by atoms with Crippen molar-refractivity contribution in [1.82, 2.24) is 4.98 Å². The Morgan fingerprint density at radius 2 is 1.94 bits per heavy atom. The first-order valence-electron chi connectivity index (χ1n) is 11.1. The van der Waals surface area contributed by atoms with Gasteiger partial charge in [0.05, 0.1) is 11.3 Å². The normalized spacial score (nSPS) is 13.8. The predicted molar refractivity (Wildman–Crippen MR) is 135 cm³/mol. The van der Waals surface area contributed by atoms with Crippen molar-refractivity contribution < 1.29 is 9.18 Å². The van der Waals surface area contributed by atoms with Gasteiger partial charge in [0.25, 0.3) is 5.91 Å². The maximum Gasteiger partial charge on any atom is 0.258 e. The number of anilines is 2. The molecule has 1 aliphatic rings. The molecule has 1 aliphatic heterocycles. The van der Waals surface area contributed by atoms with E-state index in [1.807, 2.05) is 55.5 Å². The number of hydrogen-bond acceptors (Lipinski definition) is 4. The zero-order valence-corrected chi connectivity index (χ0v) is 19.2. The lowest BCUT2D eigenvalue weighted by molar-refractivity contribution is 0.102. The van der Waals surface area contributed by atoms with E-state index in [1.54, 1.807) is 24.2 Å². The molecule has 0 saturated carbocycles. The highest BCUT2D eigenvalue weighted by Gasteiger charge is 2.18. The molecule has 0 bridgehead atoms. The molecular weight excluding hydrogens is 433 g/mol. The zero-order valence-electron chi connectivity index (χ0n) is 18.3. The van der Waals surface area contributed by atoms with Gasteiger partial charge in [-0.2, -0.15) is 0 Å². The molecule has 4 nitrogen and oxygen atoms in total. The zero-order chi connectivity index (χ0) is 22.8. The molecular formula is C27H24FN3OS. The van der Waals surface area contributed by atoms with Gasteiger partial charge >= 0.3 is 0 Å². The van der Waals surface area contributed by atoms with Gasteiger partial charge in [0.1, 0.15) is 5.82 Å². The van der Waals surface area contributed by atoms with E-state index in [2.05, 4.69) is 20.7 Å². The fourth-order valence-corrected chi connectivity index (χ4v) is 5.21. The van der Waals surface area contributed by atoms with E-state index in [9.17, 15) is 9.18 Å². The molecule has 2 heterocycles. The Morgan fingerprint density at radius 1 is 1.06 bits per heavy atom. The Balaban J connectivity index is 1.41. The van der Waals surface area contributed by atoms with Gasteiger partial charge in [-0.3, -0.25) is 9.78 Å². The molecule has 5 rings (SSSR count). The third-order valence-corrected chi connectivity index (χ3v) is 7.09. The maximum atomic E-state index is 14.8. The number of carbonyl (C=O) groups excluding carboxylic acids is 1. The molecule has 33 heavy (non-hydrogen) atoms. The van der Waals surface area contributed by atoms with Crippen LogP contribution in [0, 0.1) is 12.7 Å². The Hall–Kier alpha value is -3.38. The highest BCUT2D eigenvalue weighted by atomic mass is 32.2. The van der Waals surface area contributed by atoms with Gasteiger partial charge in [0.2, 0.25) is 0 Å². The topological polar surface area (TPSA) is 45.2 Å². The lowest BCUT2D eigenvalue weighted by atomic mass is 9.99. The van der Waals surface area contributed by atoms with Crippen molar-refractivity contribution in [2.75, 3.05) is 21.9 Å². The average Bonchev–Trinajstić information content (AvgIpc) is 2.85. The van der Waals surface area contributed by atoms with Gasteiger partial charge in [-0.05, 0) is 79.1 Å². The lowest BCUT2D eigenvalue weighted by Crippen LogP contribution is -2.21. The van der Waals surface area contributed by atoms with E-state index < -0.39 is 11.7 Å². The molecule has 0 unspecified atom stereocenters. The molecule has 3 aromatic carbocycles. The molecule has 166 valence electrons. The smallest absolute Gasteiger partial charge is 0.258 e. The molecule has 1 N–H and O–H groups in total. The molecule has 4 aromatic rings. The van der Waals surface area contributed by atoms with Crippen LogP contribution < -0.4 is 9.62 Å². The molecule has 1 aromatic heterocycles. The summed E-state index contributed by atoms with van der Waals surface area (Å²) in [6.45, 7) is 2.91. The maximum absolute atomic E-state index is 14.8. The third kappa shape index (κ3) is 4.44. The molecule has 0 radical (unpaired) electrons. The van der Waals surface area contributed by atoms with Crippen molar-refractivity contribution in [3.63, 3.8) is 0 Å². The Labute approximate surface area is 197 Å². The quantitative estimate of drug-likeness (QED) is 0.340. The van der Waals surface area contributed by atoms with Crippen molar-refractivity contribution in [3.8, 4) is 11.3 Å².